The van der Waals surface area contributed by atoms with Gasteiger partial charge in [-0.2, -0.15) is 0 Å². The molecule has 0 nitrogen and oxygen atoms in total. The van der Waals surface area contributed by atoms with E-state index in [0.717, 1.165) is 16.4 Å². The summed E-state index contributed by atoms with van der Waals surface area (Å²) in [5.41, 5.74) is 5.83. The van der Waals surface area contributed by atoms with Crippen molar-refractivity contribution in [1.82, 2.24) is 0 Å². The first-order chi connectivity index (χ1) is 10.1. The number of hydrogen-bond donors (Lipinski definition) is 0. The van der Waals surface area contributed by atoms with E-state index in [0.29, 0.717) is 0 Å². The smallest absolute Gasteiger partial charge is 0.0154 e. The summed E-state index contributed by atoms with van der Waals surface area (Å²) in [7, 11) is 0. The molecule has 0 spiro atoms. The molecule has 2 aromatic rings. The molecule has 0 heterocycles. The summed E-state index contributed by atoms with van der Waals surface area (Å²) in [5, 5.41) is 2.22. The van der Waals surface area contributed by atoms with Gasteiger partial charge in [0.15, 0.2) is 0 Å². The molecule has 0 aliphatic carbocycles. The molecule has 0 unspecified atom stereocenters. The second-order valence-electron chi connectivity index (χ2n) is 5.25. The van der Waals surface area contributed by atoms with Crippen LogP contribution in [0.3, 0.4) is 0 Å². The first-order valence-corrected chi connectivity index (χ1v) is 7.25. The van der Waals surface area contributed by atoms with Crippen LogP contribution in [0.15, 0.2) is 55.1 Å². The average Bonchev–Trinajstić information content (AvgIpc) is 2.50. The van der Waals surface area contributed by atoms with Gasteiger partial charge in [-0.05, 0) is 59.5 Å². The SMILES string of the molecule is C=C(C(=CC)c1ccc(=C)c(=CC)c1)c1ccc(C)cc1. The molecule has 0 fully saturated rings. The summed E-state index contributed by atoms with van der Waals surface area (Å²) in [6.45, 7) is 14.5. The zero-order chi connectivity index (χ0) is 15.4. The van der Waals surface area contributed by atoms with Gasteiger partial charge in [-0.15, -0.1) is 0 Å². The van der Waals surface area contributed by atoms with Crippen LogP contribution in [-0.2, 0) is 0 Å². The summed E-state index contributed by atoms with van der Waals surface area (Å²) in [6, 6.07) is 14.9. The summed E-state index contributed by atoms with van der Waals surface area (Å²) in [6.07, 6.45) is 4.22. The van der Waals surface area contributed by atoms with Crippen LogP contribution in [0.1, 0.15) is 30.5 Å². The highest BCUT2D eigenvalue weighted by Gasteiger charge is 2.07. The van der Waals surface area contributed by atoms with E-state index in [1.165, 1.54) is 21.9 Å². The Labute approximate surface area is 127 Å². The van der Waals surface area contributed by atoms with Crippen molar-refractivity contribution in [2.75, 3.05) is 0 Å². The molecule has 0 saturated carbocycles. The predicted octanol–water partition coefficient (Wildman–Crippen LogP) is 4.32. The maximum atomic E-state index is 4.29. The van der Waals surface area contributed by atoms with Crippen molar-refractivity contribution in [3.05, 3.63) is 82.2 Å². The lowest BCUT2D eigenvalue weighted by atomic mass is 9.92. The van der Waals surface area contributed by atoms with E-state index in [9.17, 15) is 0 Å². The van der Waals surface area contributed by atoms with Crippen LogP contribution in [-0.4, -0.2) is 0 Å². The molecule has 0 aliphatic heterocycles. The number of allylic oxidation sites excluding steroid dienone is 3. The summed E-state index contributed by atoms with van der Waals surface area (Å²) in [4.78, 5) is 0. The number of aryl methyl sites for hydroxylation is 1. The van der Waals surface area contributed by atoms with Gasteiger partial charge in [0, 0.05) is 0 Å². The summed E-state index contributed by atoms with van der Waals surface area (Å²) < 4.78 is 0. The van der Waals surface area contributed by atoms with Crippen molar-refractivity contribution in [3.63, 3.8) is 0 Å². The van der Waals surface area contributed by atoms with Gasteiger partial charge in [0.2, 0.25) is 0 Å². The quantitative estimate of drug-likeness (QED) is 0.731. The Morgan fingerprint density at radius 1 is 0.952 bits per heavy atom. The highest BCUT2D eigenvalue weighted by Crippen LogP contribution is 2.28. The number of rotatable bonds is 3. The van der Waals surface area contributed by atoms with Crippen LogP contribution < -0.4 is 10.4 Å². The van der Waals surface area contributed by atoms with E-state index in [4.69, 9.17) is 0 Å². The van der Waals surface area contributed by atoms with Crippen LogP contribution >= 0.6 is 0 Å². The zero-order valence-electron chi connectivity index (χ0n) is 13.1. The normalized spacial score (nSPS) is 12.5. The van der Waals surface area contributed by atoms with E-state index < -0.39 is 0 Å². The lowest BCUT2D eigenvalue weighted by molar-refractivity contribution is 1.45. The van der Waals surface area contributed by atoms with Crippen molar-refractivity contribution in [1.29, 1.82) is 0 Å². The van der Waals surface area contributed by atoms with Gasteiger partial charge in [-0.3, -0.25) is 0 Å². The van der Waals surface area contributed by atoms with E-state index >= 15 is 0 Å². The molecule has 0 aliphatic rings. The van der Waals surface area contributed by atoms with Crippen LogP contribution in [0.5, 0.6) is 0 Å². The first kappa shape index (κ1) is 15.1. The maximum Gasteiger partial charge on any atom is -0.0154 e. The fourth-order valence-electron chi connectivity index (χ4n) is 2.46. The average molecular weight is 274 g/mol. The van der Waals surface area contributed by atoms with Gasteiger partial charge in [0.1, 0.15) is 0 Å². The van der Waals surface area contributed by atoms with Crippen LogP contribution in [0.2, 0.25) is 0 Å². The van der Waals surface area contributed by atoms with Gasteiger partial charge >= 0.3 is 0 Å². The van der Waals surface area contributed by atoms with Crippen molar-refractivity contribution >= 4 is 23.8 Å². The third-order valence-corrected chi connectivity index (χ3v) is 3.78. The van der Waals surface area contributed by atoms with Gasteiger partial charge in [-0.25, -0.2) is 0 Å². The Hall–Kier alpha value is -2.34. The highest BCUT2D eigenvalue weighted by molar-refractivity contribution is 6.03. The van der Waals surface area contributed by atoms with Gasteiger partial charge in [0.05, 0.1) is 0 Å². The Morgan fingerprint density at radius 3 is 2.14 bits per heavy atom. The number of benzene rings is 2. The molecule has 0 heteroatoms. The van der Waals surface area contributed by atoms with Crippen molar-refractivity contribution in [2.24, 2.45) is 0 Å². The second-order valence-corrected chi connectivity index (χ2v) is 5.25. The molecule has 0 aromatic heterocycles. The topological polar surface area (TPSA) is 0 Å². The molecule has 2 rings (SSSR count). The molecule has 106 valence electrons. The number of hydrogen-bond acceptors (Lipinski definition) is 0. The minimum absolute atomic E-state index is 1.05. The summed E-state index contributed by atoms with van der Waals surface area (Å²) in [5.74, 6) is 0. The fraction of sp³-hybridized carbons (Fsp3) is 0.143. The van der Waals surface area contributed by atoms with Gasteiger partial charge in [-0.1, -0.05) is 67.3 Å². The van der Waals surface area contributed by atoms with E-state index in [-0.39, 0.29) is 0 Å². The van der Waals surface area contributed by atoms with Crippen LogP contribution in [0.4, 0.5) is 0 Å². The predicted molar refractivity (Wildman–Crippen MR) is 95.2 cm³/mol. The second kappa shape index (κ2) is 6.41. The van der Waals surface area contributed by atoms with E-state index in [1.807, 2.05) is 6.92 Å². The Morgan fingerprint density at radius 2 is 1.57 bits per heavy atom. The molecule has 0 radical (unpaired) electrons. The van der Waals surface area contributed by atoms with Crippen LogP contribution in [0, 0.1) is 6.92 Å². The third-order valence-electron chi connectivity index (χ3n) is 3.78. The standard InChI is InChI=1S/C21H22/c1-6-18-14-20(13-10-16(18)4)21(7-2)17(5)19-11-8-15(3)9-12-19/h6-14H,4-5H2,1-3H3. The van der Waals surface area contributed by atoms with Crippen molar-refractivity contribution in [3.8, 4) is 0 Å². The minimum atomic E-state index is 1.05. The first-order valence-electron chi connectivity index (χ1n) is 7.25. The molecular formula is C21H22. The molecule has 0 saturated heterocycles. The highest BCUT2D eigenvalue weighted by atomic mass is 14.1. The Bertz CT molecular complexity index is 787. The third kappa shape index (κ3) is 3.22. The van der Waals surface area contributed by atoms with Crippen LogP contribution in [0.25, 0.3) is 23.8 Å². The monoisotopic (exact) mass is 274 g/mol. The zero-order valence-corrected chi connectivity index (χ0v) is 13.1. The molecule has 2 aromatic carbocycles. The Kier molecular flexibility index (Phi) is 4.59. The molecule has 0 bridgehead atoms. The molecular weight excluding hydrogens is 252 g/mol. The van der Waals surface area contributed by atoms with Gasteiger partial charge < -0.3 is 0 Å². The summed E-state index contributed by atoms with van der Waals surface area (Å²) >= 11 is 0. The molecule has 0 atom stereocenters. The lowest BCUT2D eigenvalue weighted by Gasteiger charge is -2.12. The lowest BCUT2D eigenvalue weighted by Crippen LogP contribution is -2.22. The maximum absolute atomic E-state index is 4.29. The largest absolute Gasteiger partial charge is 0.0912 e. The molecule has 21 heavy (non-hydrogen) atoms. The fourth-order valence-corrected chi connectivity index (χ4v) is 2.46. The Balaban J connectivity index is 2.48. The van der Waals surface area contributed by atoms with Crippen molar-refractivity contribution < 1.29 is 0 Å². The van der Waals surface area contributed by atoms with Gasteiger partial charge in [0.25, 0.3) is 0 Å². The van der Waals surface area contributed by atoms with Crippen molar-refractivity contribution in [2.45, 2.75) is 20.8 Å². The van der Waals surface area contributed by atoms with E-state index in [1.54, 1.807) is 0 Å². The molecule has 0 amide bonds. The van der Waals surface area contributed by atoms with E-state index in [2.05, 4.69) is 81.6 Å². The molecule has 0 N–H and O–H groups in total. The minimum Gasteiger partial charge on any atom is -0.0912 e.